The molecule has 6 nitrogen and oxygen atoms in total. The molecule has 1 aromatic heterocycles. The second-order valence-electron chi connectivity index (χ2n) is 4.66. The molecule has 1 heterocycles. The minimum absolute atomic E-state index is 0.196. The quantitative estimate of drug-likeness (QED) is 0.689. The van der Waals surface area contributed by atoms with E-state index in [9.17, 15) is 9.59 Å². The summed E-state index contributed by atoms with van der Waals surface area (Å²) in [5.74, 6) is -0.416. The van der Waals surface area contributed by atoms with Gasteiger partial charge < -0.3 is 0 Å². The summed E-state index contributed by atoms with van der Waals surface area (Å²) in [5, 5.41) is 9.16. The number of aryl methyl sites for hydroxylation is 1. The molecule has 110 valence electrons. The Morgan fingerprint density at radius 1 is 1.29 bits per heavy atom. The van der Waals surface area contributed by atoms with E-state index in [-0.39, 0.29) is 11.3 Å². The molecule has 1 N–H and O–H groups in total. The van der Waals surface area contributed by atoms with Crippen LogP contribution in [0.15, 0.2) is 34.2 Å². The van der Waals surface area contributed by atoms with Crippen molar-refractivity contribution in [1.29, 1.82) is 0 Å². The number of hydrogen-bond donors (Lipinski definition) is 1. The fourth-order valence-corrected chi connectivity index (χ4v) is 1.90. The van der Waals surface area contributed by atoms with Gasteiger partial charge >= 0.3 is 0 Å². The van der Waals surface area contributed by atoms with Crippen molar-refractivity contribution in [3.63, 3.8) is 0 Å². The highest BCUT2D eigenvalue weighted by molar-refractivity contribution is 6.05. The number of hydrogen-bond acceptors (Lipinski definition) is 4. The van der Waals surface area contributed by atoms with E-state index in [1.807, 2.05) is 20.8 Å². The van der Waals surface area contributed by atoms with E-state index < -0.39 is 5.91 Å². The van der Waals surface area contributed by atoms with E-state index >= 15 is 0 Å². The van der Waals surface area contributed by atoms with Crippen LogP contribution >= 0.6 is 0 Å². The van der Waals surface area contributed by atoms with E-state index in [0.29, 0.717) is 17.3 Å². The van der Waals surface area contributed by atoms with Gasteiger partial charge in [0.2, 0.25) is 0 Å². The molecule has 0 saturated carbocycles. The van der Waals surface area contributed by atoms with Gasteiger partial charge in [-0.25, -0.2) is 10.1 Å². The summed E-state index contributed by atoms with van der Waals surface area (Å²) in [6.07, 6.45) is 0.753. The SMILES string of the molecule is CC/C(C)=N\NC(=O)c1nn(CC)c(=O)c2ccccc12. The Hall–Kier alpha value is -2.50. The Labute approximate surface area is 122 Å². The van der Waals surface area contributed by atoms with Gasteiger partial charge in [-0.15, -0.1) is 0 Å². The van der Waals surface area contributed by atoms with E-state index in [4.69, 9.17) is 0 Å². The summed E-state index contributed by atoms with van der Waals surface area (Å²) < 4.78 is 1.29. The molecule has 0 aliphatic heterocycles. The second kappa shape index (κ2) is 6.30. The Kier molecular flexibility index (Phi) is 4.47. The molecule has 0 saturated heterocycles. The fraction of sp³-hybridized carbons (Fsp3) is 0.333. The Morgan fingerprint density at radius 2 is 1.95 bits per heavy atom. The average Bonchev–Trinajstić information content (AvgIpc) is 2.52. The third kappa shape index (κ3) is 2.99. The maximum Gasteiger partial charge on any atom is 0.292 e. The van der Waals surface area contributed by atoms with Crippen LogP contribution in [0.2, 0.25) is 0 Å². The third-order valence-corrected chi connectivity index (χ3v) is 3.24. The van der Waals surface area contributed by atoms with Gasteiger partial charge in [0.1, 0.15) is 0 Å². The molecule has 0 fully saturated rings. The first-order valence-corrected chi connectivity index (χ1v) is 6.91. The first kappa shape index (κ1) is 14.9. The molecule has 1 amide bonds. The molecule has 1 aromatic carbocycles. The molecule has 21 heavy (non-hydrogen) atoms. The summed E-state index contributed by atoms with van der Waals surface area (Å²) in [7, 11) is 0. The van der Waals surface area contributed by atoms with Gasteiger partial charge in [-0.1, -0.05) is 25.1 Å². The maximum atomic E-state index is 12.3. The van der Waals surface area contributed by atoms with Gasteiger partial charge in [0, 0.05) is 17.6 Å². The van der Waals surface area contributed by atoms with Crippen molar-refractivity contribution < 1.29 is 4.79 Å². The lowest BCUT2D eigenvalue weighted by atomic mass is 10.1. The van der Waals surface area contributed by atoms with Crippen molar-refractivity contribution >= 4 is 22.4 Å². The average molecular weight is 286 g/mol. The molecule has 0 spiro atoms. The largest absolute Gasteiger partial charge is 0.292 e. The van der Waals surface area contributed by atoms with Gasteiger partial charge in [-0.05, 0) is 26.3 Å². The van der Waals surface area contributed by atoms with Crippen LogP contribution in [0.5, 0.6) is 0 Å². The van der Waals surface area contributed by atoms with Gasteiger partial charge in [0.05, 0.1) is 5.39 Å². The number of carbonyl (C=O) groups is 1. The van der Waals surface area contributed by atoms with Crippen LogP contribution in [-0.4, -0.2) is 21.4 Å². The number of nitrogens with zero attached hydrogens (tertiary/aromatic N) is 3. The minimum Gasteiger partial charge on any atom is -0.267 e. The van der Waals surface area contributed by atoms with Crippen LogP contribution in [0.3, 0.4) is 0 Å². The molecular formula is C15H18N4O2. The van der Waals surface area contributed by atoms with Crippen molar-refractivity contribution in [3.8, 4) is 0 Å². The van der Waals surface area contributed by atoms with E-state index in [2.05, 4.69) is 15.6 Å². The van der Waals surface area contributed by atoms with Gasteiger partial charge in [-0.3, -0.25) is 9.59 Å². The van der Waals surface area contributed by atoms with Crippen molar-refractivity contribution in [1.82, 2.24) is 15.2 Å². The van der Waals surface area contributed by atoms with Crippen LogP contribution in [0, 0.1) is 0 Å². The molecule has 0 aliphatic carbocycles. The number of benzene rings is 1. The zero-order chi connectivity index (χ0) is 15.4. The molecule has 0 bridgehead atoms. The highest BCUT2D eigenvalue weighted by Gasteiger charge is 2.15. The normalized spacial score (nSPS) is 11.7. The maximum absolute atomic E-state index is 12.3. The van der Waals surface area contributed by atoms with Gasteiger partial charge in [0.15, 0.2) is 5.69 Å². The predicted octanol–water partition coefficient (Wildman–Crippen LogP) is 1.93. The van der Waals surface area contributed by atoms with E-state index in [1.165, 1.54) is 4.68 Å². The van der Waals surface area contributed by atoms with Crippen LogP contribution in [0.4, 0.5) is 0 Å². The predicted molar refractivity (Wildman–Crippen MR) is 82.5 cm³/mol. The van der Waals surface area contributed by atoms with Crippen LogP contribution < -0.4 is 11.0 Å². The highest BCUT2D eigenvalue weighted by atomic mass is 16.2. The van der Waals surface area contributed by atoms with Crippen molar-refractivity contribution in [3.05, 3.63) is 40.3 Å². The van der Waals surface area contributed by atoms with Crippen molar-refractivity contribution in [2.24, 2.45) is 5.10 Å². The first-order valence-electron chi connectivity index (χ1n) is 6.91. The lowest BCUT2D eigenvalue weighted by Crippen LogP contribution is -2.28. The monoisotopic (exact) mass is 286 g/mol. The second-order valence-corrected chi connectivity index (χ2v) is 4.66. The van der Waals surface area contributed by atoms with Crippen LogP contribution in [0.25, 0.3) is 10.8 Å². The highest BCUT2D eigenvalue weighted by Crippen LogP contribution is 2.13. The molecule has 0 aliphatic rings. The Morgan fingerprint density at radius 3 is 2.57 bits per heavy atom. The van der Waals surface area contributed by atoms with Gasteiger partial charge in [0.25, 0.3) is 11.5 Å². The molecule has 2 rings (SSSR count). The molecular weight excluding hydrogens is 268 g/mol. The zero-order valence-electron chi connectivity index (χ0n) is 12.4. The minimum atomic E-state index is -0.416. The zero-order valence-corrected chi connectivity index (χ0v) is 12.4. The number of aromatic nitrogens is 2. The van der Waals surface area contributed by atoms with Crippen molar-refractivity contribution in [2.45, 2.75) is 33.7 Å². The number of nitrogens with one attached hydrogen (secondary N) is 1. The van der Waals surface area contributed by atoms with Crippen molar-refractivity contribution in [2.75, 3.05) is 0 Å². The summed E-state index contributed by atoms with van der Waals surface area (Å²) in [6, 6.07) is 6.96. The van der Waals surface area contributed by atoms with Crippen LogP contribution in [0.1, 0.15) is 37.7 Å². The Bertz CT molecular complexity index is 762. The molecule has 0 atom stereocenters. The molecule has 0 unspecified atom stereocenters. The van der Waals surface area contributed by atoms with E-state index in [0.717, 1.165) is 12.1 Å². The van der Waals surface area contributed by atoms with E-state index in [1.54, 1.807) is 24.3 Å². The smallest absolute Gasteiger partial charge is 0.267 e. The summed E-state index contributed by atoms with van der Waals surface area (Å²) >= 11 is 0. The van der Waals surface area contributed by atoms with Gasteiger partial charge in [-0.2, -0.15) is 10.2 Å². The summed E-state index contributed by atoms with van der Waals surface area (Å²) in [4.78, 5) is 24.5. The topological polar surface area (TPSA) is 76.3 Å². The number of amides is 1. The lowest BCUT2D eigenvalue weighted by Gasteiger charge is -2.08. The number of fused-ring (bicyclic) bond motifs is 1. The molecule has 2 aromatic rings. The lowest BCUT2D eigenvalue weighted by molar-refractivity contribution is 0.0949. The fourth-order valence-electron chi connectivity index (χ4n) is 1.90. The standard InChI is InChI=1S/C15H18N4O2/c1-4-10(3)16-17-14(20)13-11-8-6-7-9-12(11)15(21)19(5-2)18-13/h6-9H,4-5H2,1-3H3,(H,17,20)/b16-10-. The third-order valence-electron chi connectivity index (χ3n) is 3.24. The van der Waals surface area contributed by atoms with Crippen LogP contribution in [-0.2, 0) is 6.54 Å². The number of hydrazone groups is 1. The number of carbonyl (C=O) groups excluding carboxylic acids is 1. The molecule has 6 heteroatoms. The molecule has 0 radical (unpaired) electrons. The number of rotatable bonds is 4. The Balaban J connectivity index is 2.55. The summed E-state index contributed by atoms with van der Waals surface area (Å²) in [6.45, 7) is 6.00. The first-order chi connectivity index (χ1) is 10.1. The summed E-state index contributed by atoms with van der Waals surface area (Å²) in [5.41, 5.74) is 3.31.